The van der Waals surface area contributed by atoms with Crippen molar-refractivity contribution in [2.45, 2.75) is 76.5 Å². The number of rotatable bonds is 5. The molecule has 3 fully saturated rings. The van der Waals surface area contributed by atoms with E-state index in [2.05, 4.69) is 12.2 Å². The Kier molecular flexibility index (Phi) is 4.45. The topological polar surface area (TPSA) is 30.5 Å². The fourth-order valence-corrected chi connectivity index (χ4v) is 4.39. The highest BCUT2D eigenvalue weighted by Crippen LogP contribution is 2.53. The summed E-state index contributed by atoms with van der Waals surface area (Å²) in [5, 5.41) is 3.69. The van der Waals surface area contributed by atoms with Crippen molar-refractivity contribution in [2.24, 2.45) is 5.41 Å². The van der Waals surface area contributed by atoms with Crippen molar-refractivity contribution in [1.82, 2.24) is 5.32 Å². The van der Waals surface area contributed by atoms with E-state index < -0.39 is 0 Å². The summed E-state index contributed by atoms with van der Waals surface area (Å²) in [7, 11) is 0. The summed E-state index contributed by atoms with van der Waals surface area (Å²) < 4.78 is 11.9. The highest BCUT2D eigenvalue weighted by atomic mass is 16.5. The minimum absolute atomic E-state index is 0.374. The lowest BCUT2D eigenvalue weighted by Crippen LogP contribution is -2.64. The molecule has 3 rings (SSSR count). The minimum atomic E-state index is 0.374. The van der Waals surface area contributed by atoms with Gasteiger partial charge in [-0.1, -0.05) is 26.2 Å². The second-order valence-electron chi connectivity index (χ2n) is 6.60. The maximum Gasteiger partial charge on any atom is 0.0809 e. The molecule has 2 saturated carbocycles. The molecule has 3 unspecified atom stereocenters. The van der Waals surface area contributed by atoms with Crippen LogP contribution < -0.4 is 5.32 Å². The van der Waals surface area contributed by atoms with Crippen molar-refractivity contribution in [2.75, 3.05) is 19.8 Å². The Balaban J connectivity index is 1.55. The summed E-state index contributed by atoms with van der Waals surface area (Å²) in [6.45, 7) is 5.07. The van der Waals surface area contributed by atoms with E-state index >= 15 is 0 Å². The van der Waals surface area contributed by atoms with Crippen LogP contribution in [0, 0.1) is 5.41 Å². The third-order valence-corrected chi connectivity index (χ3v) is 5.53. The van der Waals surface area contributed by atoms with E-state index in [-0.39, 0.29) is 0 Å². The first-order valence-electron chi connectivity index (χ1n) is 8.32. The molecule has 0 aromatic rings. The van der Waals surface area contributed by atoms with Gasteiger partial charge in [0.2, 0.25) is 0 Å². The average Bonchev–Trinajstić information content (AvgIpc) is 2.96. The van der Waals surface area contributed by atoms with Crippen molar-refractivity contribution in [3.8, 4) is 0 Å². The van der Waals surface area contributed by atoms with Crippen LogP contribution in [-0.2, 0) is 9.47 Å². The number of ether oxygens (including phenoxy) is 2. The van der Waals surface area contributed by atoms with Gasteiger partial charge in [0.1, 0.15) is 0 Å². The van der Waals surface area contributed by atoms with Crippen LogP contribution >= 0.6 is 0 Å². The van der Waals surface area contributed by atoms with Crippen LogP contribution in [0.3, 0.4) is 0 Å². The highest BCUT2D eigenvalue weighted by Gasteiger charge is 2.55. The van der Waals surface area contributed by atoms with Crippen LogP contribution in [0.15, 0.2) is 0 Å². The molecule has 1 saturated heterocycles. The van der Waals surface area contributed by atoms with E-state index in [4.69, 9.17) is 9.47 Å². The monoisotopic (exact) mass is 267 g/mol. The van der Waals surface area contributed by atoms with Crippen LogP contribution in [0.5, 0.6) is 0 Å². The molecule has 0 radical (unpaired) electrons. The van der Waals surface area contributed by atoms with Gasteiger partial charge in [0.25, 0.3) is 0 Å². The second-order valence-corrected chi connectivity index (χ2v) is 6.60. The Morgan fingerprint density at radius 3 is 2.74 bits per heavy atom. The van der Waals surface area contributed by atoms with Crippen LogP contribution in [0.1, 0.15) is 58.3 Å². The van der Waals surface area contributed by atoms with Gasteiger partial charge in [-0.05, 0) is 38.6 Å². The van der Waals surface area contributed by atoms with Crippen LogP contribution in [0.25, 0.3) is 0 Å². The van der Waals surface area contributed by atoms with E-state index in [9.17, 15) is 0 Å². The van der Waals surface area contributed by atoms with Gasteiger partial charge in [0.05, 0.1) is 18.8 Å². The van der Waals surface area contributed by atoms with Gasteiger partial charge in [0.15, 0.2) is 0 Å². The molecule has 0 amide bonds. The lowest BCUT2D eigenvalue weighted by Gasteiger charge is -2.58. The summed E-state index contributed by atoms with van der Waals surface area (Å²) >= 11 is 0. The predicted octanol–water partition coefficient (Wildman–Crippen LogP) is 2.88. The molecule has 1 N–H and O–H groups in total. The largest absolute Gasteiger partial charge is 0.376 e. The van der Waals surface area contributed by atoms with Crippen LogP contribution in [0.4, 0.5) is 0 Å². The molecule has 19 heavy (non-hydrogen) atoms. The van der Waals surface area contributed by atoms with Crippen molar-refractivity contribution in [3.63, 3.8) is 0 Å². The van der Waals surface area contributed by atoms with Crippen LogP contribution in [-0.4, -0.2) is 38.0 Å². The molecule has 3 heteroatoms. The molecule has 0 bridgehead atoms. The lowest BCUT2D eigenvalue weighted by molar-refractivity contribution is -0.165. The molecule has 3 nitrogen and oxygen atoms in total. The molecular formula is C16H29NO2. The molecule has 0 aromatic carbocycles. The van der Waals surface area contributed by atoms with Crippen molar-refractivity contribution in [1.29, 1.82) is 0 Å². The Hall–Kier alpha value is -0.120. The molecule has 1 heterocycles. The summed E-state index contributed by atoms with van der Waals surface area (Å²) in [5.74, 6) is 0. The van der Waals surface area contributed by atoms with Gasteiger partial charge < -0.3 is 14.8 Å². The summed E-state index contributed by atoms with van der Waals surface area (Å²) in [6.07, 6.45) is 11.4. The normalized spacial score (nSPS) is 37.4. The summed E-state index contributed by atoms with van der Waals surface area (Å²) in [4.78, 5) is 0. The Bertz CT molecular complexity index is 282. The van der Waals surface area contributed by atoms with Gasteiger partial charge in [-0.2, -0.15) is 0 Å². The van der Waals surface area contributed by atoms with E-state index in [0.717, 1.165) is 19.8 Å². The van der Waals surface area contributed by atoms with E-state index in [1.54, 1.807) is 0 Å². The summed E-state index contributed by atoms with van der Waals surface area (Å²) in [5.41, 5.74) is 0.451. The maximum absolute atomic E-state index is 6.27. The molecule has 1 spiro atoms. The van der Waals surface area contributed by atoms with E-state index in [0.29, 0.717) is 23.7 Å². The fraction of sp³-hybridized carbons (Fsp3) is 1.00. The number of nitrogens with one attached hydrogen (secondary N) is 1. The molecular weight excluding hydrogens is 238 g/mol. The van der Waals surface area contributed by atoms with Crippen LogP contribution in [0.2, 0.25) is 0 Å². The van der Waals surface area contributed by atoms with Gasteiger partial charge in [-0.25, -0.2) is 0 Å². The third-order valence-electron chi connectivity index (χ3n) is 5.53. The number of hydrogen-bond acceptors (Lipinski definition) is 3. The Morgan fingerprint density at radius 2 is 2.05 bits per heavy atom. The lowest BCUT2D eigenvalue weighted by atomic mass is 9.55. The van der Waals surface area contributed by atoms with Crippen molar-refractivity contribution < 1.29 is 9.47 Å². The van der Waals surface area contributed by atoms with Gasteiger partial charge in [-0.15, -0.1) is 0 Å². The quantitative estimate of drug-likeness (QED) is 0.831. The molecule has 1 aliphatic heterocycles. The van der Waals surface area contributed by atoms with Gasteiger partial charge >= 0.3 is 0 Å². The fourth-order valence-electron chi connectivity index (χ4n) is 4.39. The maximum atomic E-state index is 6.27. The summed E-state index contributed by atoms with van der Waals surface area (Å²) in [6, 6.07) is 0.701. The zero-order valence-electron chi connectivity index (χ0n) is 12.3. The first-order chi connectivity index (χ1) is 9.35. The zero-order chi connectivity index (χ0) is 13.1. The molecule has 2 aliphatic carbocycles. The molecule has 3 atom stereocenters. The van der Waals surface area contributed by atoms with Gasteiger partial charge in [0, 0.05) is 18.1 Å². The smallest absolute Gasteiger partial charge is 0.0809 e. The molecule has 3 aliphatic rings. The van der Waals surface area contributed by atoms with Crippen molar-refractivity contribution >= 4 is 0 Å². The predicted molar refractivity (Wildman–Crippen MR) is 76.3 cm³/mol. The standard InChI is InChI=1S/C16H29NO2/c1-2-17-14-11-15(16(14)8-4-3-5-9-16)19-12-13-7-6-10-18-13/h13-15,17H,2-12H2,1H3. The third kappa shape index (κ3) is 2.70. The minimum Gasteiger partial charge on any atom is -0.376 e. The molecule has 0 aromatic heterocycles. The first kappa shape index (κ1) is 13.8. The second kappa shape index (κ2) is 6.11. The highest BCUT2D eigenvalue weighted by molar-refractivity contribution is 5.08. The Morgan fingerprint density at radius 1 is 1.21 bits per heavy atom. The molecule has 110 valence electrons. The van der Waals surface area contributed by atoms with E-state index in [1.165, 1.54) is 51.4 Å². The van der Waals surface area contributed by atoms with E-state index in [1.807, 2.05) is 0 Å². The number of hydrogen-bond donors (Lipinski definition) is 1. The zero-order valence-corrected chi connectivity index (χ0v) is 12.3. The average molecular weight is 267 g/mol. The Labute approximate surface area is 117 Å². The van der Waals surface area contributed by atoms with Crippen molar-refractivity contribution in [3.05, 3.63) is 0 Å². The first-order valence-corrected chi connectivity index (χ1v) is 8.32. The SMILES string of the molecule is CCNC1CC(OCC2CCCO2)C12CCCCC2. The van der Waals surface area contributed by atoms with Gasteiger partial charge in [-0.3, -0.25) is 0 Å².